The summed E-state index contributed by atoms with van der Waals surface area (Å²) < 4.78 is 1.46. The van der Waals surface area contributed by atoms with E-state index in [9.17, 15) is 9.59 Å². The molecule has 6 nitrogen and oxygen atoms in total. The molecule has 1 aromatic rings. The van der Waals surface area contributed by atoms with E-state index in [1.807, 2.05) is 6.92 Å². The molecule has 1 atom stereocenters. The number of aryl methyl sites for hydroxylation is 2. The molecule has 0 saturated heterocycles. The molecule has 1 amide bonds. The number of carbonyl (C=O) groups is 2. The van der Waals surface area contributed by atoms with Crippen molar-refractivity contribution in [3.05, 3.63) is 17.5 Å². The fraction of sp³-hybridized carbons (Fsp3) is 0.583. The van der Waals surface area contributed by atoms with E-state index < -0.39 is 17.4 Å². The summed E-state index contributed by atoms with van der Waals surface area (Å²) in [5.74, 6) is -1.47. The van der Waals surface area contributed by atoms with Gasteiger partial charge in [0, 0.05) is 7.05 Å². The summed E-state index contributed by atoms with van der Waals surface area (Å²) in [6.45, 7) is 5.15. The number of aliphatic carboxylic acids is 1. The van der Waals surface area contributed by atoms with Crippen molar-refractivity contribution in [2.45, 2.75) is 39.2 Å². The molecule has 100 valence electrons. The molecule has 0 bridgehead atoms. The second-order valence-corrected chi connectivity index (χ2v) is 4.44. The molecule has 0 aromatic carbocycles. The molecule has 1 aromatic heterocycles. The lowest BCUT2D eigenvalue weighted by Crippen LogP contribution is -2.52. The number of amides is 1. The zero-order valence-electron chi connectivity index (χ0n) is 11.1. The Kier molecular flexibility index (Phi) is 4.11. The van der Waals surface area contributed by atoms with Crippen molar-refractivity contribution in [2.75, 3.05) is 0 Å². The summed E-state index contributed by atoms with van der Waals surface area (Å²) in [6.07, 6.45) is 1.04. The summed E-state index contributed by atoms with van der Waals surface area (Å²) in [6, 6.07) is 1.67. The van der Waals surface area contributed by atoms with Crippen LogP contribution in [0, 0.1) is 0 Å². The third kappa shape index (κ3) is 2.69. The number of aromatic nitrogens is 2. The zero-order chi connectivity index (χ0) is 13.9. The van der Waals surface area contributed by atoms with Crippen LogP contribution in [-0.4, -0.2) is 32.3 Å². The Morgan fingerprint density at radius 2 is 2.11 bits per heavy atom. The summed E-state index contributed by atoms with van der Waals surface area (Å²) in [5, 5.41) is 15.8. The first kappa shape index (κ1) is 14.2. The average Bonchev–Trinajstić information content (AvgIpc) is 2.70. The van der Waals surface area contributed by atoms with Gasteiger partial charge in [0.1, 0.15) is 11.2 Å². The Morgan fingerprint density at radius 3 is 2.50 bits per heavy atom. The maximum atomic E-state index is 12.0. The van der Waals surface area contributed by atoms with Crippen molar-refractivity contribution in [1.29, 1.82) is 0 Å². The number of carbonyl (C=O) groups excluding carboxylic acids is 1. The summed E-state index contributed by atoms with van der Waals surface area (Å²) in [5.41, 5.74) is -0.0859. The number of carboxylic acids is 1. The van der Waals surface area contributed by atoms with E-state index in [2.05, 4.69) is 10.4 Å². The van der Waals surface area contributed by atoms with Gasteiger partial charge < -0.3 is 10.4 Å². The molecule has 0 aliphatic heterocycles. The summed E-state index contributed by atoms with van der Waals surface area (Å²) >= 11 is 0. The minimum absolute atomic E-state index is 0.312. The highest BCUT2D eigenvalue weighted by atomic mass is 16.4. The SMILES string of the molecule is CCc1cc(C(=O)NC(C)(CC)C(=O)O)n(C)n1. The predicted molar refractivity (Wildman–Crippen MR) is 66.4 cm³/mol. The fourth-order valence-corrected chi connectivity index (χ4v) is 1.52. The van der Waals surface area contributed by atoms with E-state index in [-0.39, 0.29) is 0 Å². The molecule has 0 aliphatic rings. The van der Waals surface area contributed by atoms with Crippen LogP contribution < -0.4 is 5.32 Å². The van der Waals surface area contributed by atoms with E-state index in [0.717, 1.165) is 12.1 Å². The second-order valence-electron chi connectivity index (χ2n) is 4.44. The van der Waals surface area contributed by atoms with Gasteiger partial charge in [-0.3, -0.25) is 9.48 Å². The average molecular weight is 253 g/mol. The largest absolute Gasteiger partial charge is 0.480 e. The van der Waals surface area contributed by atoms with Gasteiger partial charge in [-0.15, -0.1) is 0 Å². The highest BCUT2D eigenvalue weighted by Gasteiger charge is 2.33. The molecule has 18 heavy (non-hydrogen) atoms. The topological polar surface area (TPSA) is 84.2 Å². The minimum atomic E-state index is -1.26. The molecule has 2 N–H and O–H groups in total. The lowest BCUT2D eigenvalue weighted by molar-refractivity contribution is -0.143. The van der Waals surface area contributed by atoms with Gasteiger partial charge in [0.05, 0.1) is 5.69 Å². The number of nitrogens with one attached hydrogen (secondary N) is 1. The van der Waals surface area contributed by atoms with Crippen LogP contribution in [0.4, 0.5) is 0 Å². The van der Waals surface area contributed by atoms with Gasteiger partial charge in [0.15, 0.2) is 0 Å². The van der Waals surface area contributed by atoms with E-state index in [0.29, 0.717) is 12.1 Å². The van der Waals surface area contributed by atoms with Crippen molar-refractivity contribution in [3.8, 4) is 0 Å². The Labute approximate surface area is 106 Å². The Morgan fingerprint density at radius 1 is 1.50 bits per heavy atom. The number of nitrogens with zero attached hydrogens (tertiary/aromatic N) is 2. The van der Waals surface area contributed by atoms with Gasteiger partial charge in [-0.05, 0) is 25.8 Å². The van der Waals surface area contributed by atoms with Gasteiger partial charge >= 0.3 is 5.97 Å². The molecule has 0 aliphatic carbocycles. The molecule has 1 rings (SSSR count). The highest BCUT2D eigenvalue weighted by molar-refractivity contribution is 5.96. The first-order chi connectivity index (χ1) is 8.34. The molecular weight excluding hydrogens is 234 g/mol. The Bertz CT molecular complexity index is 467. The van der Waals surface area contributed by atoms with Crippen molar-refractivity contribution < 1.29 is 14.7 Å². The molecule has 0 radical (unpaired) electrons. The molecular formula is C12H19N3O3. The minimum Gasteiger partial charge on any atom is -0.480 e. The van der Waals surface area contributed by atoms with Gasteiger partial charge in [0.2, 0.25) is 0 Å². The third-order valence-corrected chi connectivity index (χ3v) is 3.09. The van der Waals surface area contributed by atoms with E-state index in [1.165, 1.54) is 11.6 Å². The quantitative estimate of drug-likeness (QED) is 0.818. The van der Waals surface area contributed by atoms with Crippen molar-refractivity contribution in [3.63, 3.8) is 0 Å². The van der Waals surface area contributed by atoms with Crippen LogP contribution in [0.1, 0.15) is 43.4 Å². The fourth-order valence-electron chi connectivity index (χ4n) is 1.52. The first-order valence-corrected chi connectivity index (χ1v) is 5.92. The van der Waals surface area contributed by atoms with Crippen molar-refractivity contribution >= 4 is 11.9 Å². The molecule has 6 heteroatoms. The molecule has 0 spiro atoms. The van der Waals surface area contributed by atoms with Crippen LogP contribution >= 0.6 is 0 Å². The van der Waals surface area contributed by atoms with E-state index in [4.69, 9.17) is 5.11 Å². The number of carboxylic acid groups (broad SMARTS) is 1. The van der Waals surface area contributed by atoms with E-state index in [1.54, 1.807) is 20.0 Å². The van der Waals surface area contributed by atoms with Crippen LogP contribution in [0.15, 0.2) is 6.07 Å². The van der Waals surface area contributed by atoms with Gasteiger partial charge in [-0.2, -0.15) is 5.10 Å². The lowest BCUT2D eigenvalue weighted by Gasteiger charge is -2.24. The standard InChI is InChI=1S/C12H19N3O3/c1-5-8-7-9(15(4)14-8)10(16)13-12(3,6-2)11(17)18/h7H,5-6H2,1-4H3,(H,13,16)(H,17,18). The van der Waals surface area contributed by atoms with Crippen LogP contribution in [0.2, 0.25) is 0 Å². The van der Waals surface area contributed by atoms with Crippen LogP contribution in [-0.2, 0) is 18.3 Å². The maximum Gasteiger partial charge on any atom is 0.329 e. The van der Waals surface area contributed by atoms with Gasteiger partial charge in [0.25, 0.3) is 5.91 Å². The Hall–Kier alpha value is -1.85. The lowest BCUT2D eigenvalue weighted by atomic mass is 9.99. The number of hydrogen-bond donors (Lipinski definition) is 2. The molecule has 1 unspecified atom stereocenters. The van der Waals surface area contributed by atoms with E-state index >= 15 is 0 Å². The highest BCUT2D eigenvalue weighted by Crippen LogP contribution is 2.12. The third-order valence-electron chi connectivity index (χ3n) is 3.09. The van der Waals surface area contributed by atoms with Crippen molar-refractivity contribution in [1.82, 2.24) is 15.1 Å². The van der Waals surface area contributed by atoms with Gasteiger partial charge in [-0.1, -0.05) is 13.8 Å². The number of rotatable bonds is 5. The predicted octanol–water partition coefficient (Wildman–Crippen LogP) is 0.966. The van der Waals surface area contributed by atoms with Crippen LogP contribution in [0.25, 0.3) is 0 Å². The first-order valence-electron chi connectivity index (χ1n) is 5.92. The summed E-state index contributed by atoms with van der Waals surface area (Å²) in [4.78, 5) is 23.2. The van der Waals surface area contributed by atoms with Gasteiger partial charge in [-0.25, -0.2) is 4.79 Å². The van der Waals surface area contributed by atoms with Crippen LogP contribution in [0.3, 0.4) is 0 Å². The monoisotopic (exact) mass is 253 g/mol. The molecule has 0 fully saturated rings. The zero-order valence-corrected chi connectivity index (χ0v) is 11.1. The molecule has 1 heterocycles. The normalized spacial score (nSPS) is 14.0. The second kappa shape index (κ2) is 5.20. The number of hydrogen-bond acceptors (Lipinski definition) is 3. The van der Waals surface area contributed by atoms with Crippen molar-refractivity contribution in [2.24, 2.45) is 7.05 Å². The maximum absolute atomic E-state index is 12.0. The van der Waals surface area contributed by atoms with Crippen LogP contribution in [0.5, 0.6) is 0 Å². The smallest absolute Gasteiger partial charge is 0.329 e. The Balaban J connectivity index is 2.94. The summed E-state index contributed by atoms with van der Waals surface area (Å²) in [7, 11) is 1.66. The molecule has 0 saturated carbocycles.